The van der Waals surface area contributed by atoms with Gasteiger partial charge in [0.15, 0.2) is 0 Å². The molecule has 2 aromatic heterocycles. The number of rotatable bonds is 10. The van der Waals surface area contributed by atoms with Crippen LogP contribution in [0, 0.1) is 5.92 Å². The Labute approximate surface area is 186 Å². The van der Waals surface area contributed by atoms with Crippen molar-refractivity contribution in [1.82, 2.24) is 14.5 Å². The van der Waals surface area contributed by atoms with Gasteiger partial charge < -0.3 is 19.7 Å². The summed E-state index contributed by atoms with van der Waals surface area (Å²) in [4.78, 5) is 8.87. The third kappa shape index (κ3) is 6.62. The van der Waals surface area contributed by atoms with Crippen molar-refractivity contribution in [3.63, 3.8) is 0 Å². The van der Waals surface area contributed by atoms with E-state index in [0.717, 1.165) is 17.8 Å². The van der Waals surface area contributed by atoms with E-state index in [9.17, 15) is 5.11 Å². The first kappa shape index (κ1) is 22.4. The third-order valence-corrected chi connectivity index (χ3v) is 4.91. The summed E-state index contributed by atoms with van der Waals surface area (Å²) in [7, 11) is 0. The van der Waals surface area contributed by atoms with E-state index in [1.165, 1.54) is 0 Å². The predicted molar refractivity (Wildman–Crippen MR) is 120 cm³/mol. The lowest BCUT2D eigenvalue weighted by molar-refractivity contribution is 0.258. The molecule has 0 unspecified atom stereocenters. The van der Waals surface area contributed by atoms with Crippen LogP contribution >= 0.6 is 23.2 Å². The smallest absolute Gasteiger partial charge is 0.215 e. The summed E-state index contributed by atoms with van der Waals surface area (Å²) in [6.07, 6.45) is 4.47. The number of hydrogen-bond acceptors (Lipinski definition) is 5. The van der Waals surface area contributed by atoms with Crippen LogP contribution < -0.4 is 10.1 Å². The summed E-state index contributed by atoms with van der Waals surface area (Å²) in [5, 5.41) is 14.0. The van der Waals surface area contributed by atoms with Gasteiger partial charge in [0.25, 0.3) is 0 Å². The quantitative estimate of drug-likeness (QED) is 0.454. The highest BCUT2D eigenvalue weighted by atomic mass is 35.5. The van der Waals surface area contributed by atoms with Gasteiger partial charge in [0.2, 0.25) is 5.88 Å². The van der Waals surface area contributed by atoms with Gasteiger partial charge in [-0.05, 0) is 42.2 Å². The zero-order valence-electron chi connectivity index (χ0n) is 17.1. The maximum atomic E-state index is 9.57. The van der Waals surface area contributed by atoms with E-state index in [1.54, 1.807) is 18.3 Å². The van der Waals surface area contributed by atoms with Crippen LogP contribution in [0.2, 0.25) is 10.0 Å². The molecule has 30 heavy (non-hydrogen) atoms. The van der Waals surface area contributed by atoms with Crippen molar-refractivity contribution >= 4 is 29.0 Å². The molecule has 2 N–H and O–H groups in total. The number of benzene rings is 1. The van der Waals surface area contributed by atoms with Crippen molar-refractivity contribution in [1.29, 1.82) is 0 Å². The molecule has 1 aromatic carbocycles. The summed E-state index contributed by atoms with van der Waals surface area (Å²) in [6.45, 7) is 5.15. The normalized spacial score (nSPS) is 12.2. The van der Waals surface area contributed by atoms with Gasteiger partial charge in [0.05, 0.1) is 12.6 Å². The average molecular weight is 449 g/mol. The molecular formula is C22H26Cl2N4O2. The molecular weight excluding hydrogens is 423 g/mol. The molecule has 0 aliphatic carbocycles. The number of nitrogens with zero attached hydrogens (tertiary/aromatic N) is 3. The highest BCUT2D eigenvalue weighted by molar-refractivity contribution is 6.34. The van der Waals surface area contributed by atoms with E-state index >= 15 is 0 Å². The monoisotopic (exact) mass is 448 g/mol. The molecule has 0 saturated carbocycles. The number of aromatic nitrogens is 3. The number of nitrogens with one attached hydrogen (secondary N) is 1. The highest BCUT2D eigenvalue weighted by Crippen LogP contribution is 2.21. The highest BCUT2D eigenvalue weighted by Gasteiger charge is 2.11. The number of anilines is 1. The van der Waals surface area contributed by atoms with E-state index in [0.29, 0.717) is 34.2 Å². The van der Waals surface area contributed by atoms with Crippen LogP contribution in [0.15, 0.2) is 48.8 Å². The predicted octanol–water partition coefficient (Wildman–Crippen LogP) is 5.03. The molecule has 0 fully saturated rings. The molecule has 0 amide bonds. The molecule has 0 spiro atoms. The molecule has 6 nitrogen and oxygen atoms in total. The molecule has 1 atom stereocenters. The lowest BCUT2D eigenvalue weighted by Gasteiger charge is -2.19. The van der Waals surface area contributed by atoms with E-state index in [4.69, 9.17) is 27.9 Å². The van der Waals surface area contributed by atoms with E-state index < -0.39 is 0 Å². The molecule has 0 aliphatic heterocycles. The summed E-state index contributed by atoms with van der Waals surface area (Å²) >= 11 is 12.2. The molecule has 0 bridgehead atoms. The molecule has 0 saturated heterocycles. The van der Waals surface area contributed by atoms with Crippen molar-refractivity contribution in [2.24, 2.45) is 5.92 Å². The molecule has 3 aromatic rings. The molecule has 160 valence electrons. The fraction of sp³-hybridized carbons (Fsp3) is 0.364. The Morgan fingerprint density at radius 2 is 1.93 bits per heavy atom. The number of ether oxygens (including phenoxy) is 1. The Bertz CT molecular complexity index is 942. The van der Waals surface area contributed by atoms with Gasteiger partial charge in [-0.2, -0.15) is 4.98 Å². The Morgan fingerprint density at radius 1 is 1.17 bits per heavy atom. The van der Waals surface area contributed by atoms with Crippen molar-refractivity contribution in [2.45, 2.75) is 39.5 Å². The Kier molecular flexibility index (Phi) is 7.96. The molecule has 8 heteroatoms. The van der Waals surface area contributed by atoms with Crippen LogP contribution in [0.4, 0.5) is 5.82 Å². The minimum absolute atomic E-state index is 0.0452. The first-order valence-corrected chi connectivity index (χ1v) is 10.6. The van der Waals surface area contributed by atoms with Crippen molar-refractivity contribution in [2.75, 3.05) is 11.9 Å². The number of pyridine rings is 1. The number of aliphatic hydroxyl groups excluding tert-OH is 1. The van der Waals surface area contributed by atoms with Gasteiger partial charge in [-0.3, -0.25) is 0 Å². The van der Waals surface area contributed by atoms with Gasteiger partial charge >= 0.3 is 0 Å². The Hall–Kier alpha value is -2.28. The first-order valence-electron chi connectivity index (χ1n) is 9.85. The second kappa shape index (κ2) is 10.7. The summed E-state index contributed by atoms with van der Waals surface area (Å²) in [6, 6.07) is 10.9. The zero-order chi connectivity index (χ0) is 21.5. The third-order valence-electron chi connectivity index (χ3n) is 4.48. The van der Waals surface area contributed by atoms with Crippen LogP contribution in [0.25, 0.3) is 0 Å². The number of hydrogen-bond donors (Lipinski definition) is 2. The van der Waals surface area contributed by atoms with Gasteiger partial charge in [0, 0.05) is 35.1 Å². The molecule has 2 heterocycles. The SMILES string of the molecule is CC(C)C[C@@H](CO)Nc1cccc(OCc2nccn2Cc2cc(Cl)cc(Cl)c2)n1. The van der Waals surface area contributed by atoms with Gasteiger partial charge in [-0.25, -0.2) is 4.98 Å². The van der Waals surface area contributed by atoms with Gasteiger partial charge in [-0.1, -0.05) is 43.1 Å². The van der Waals surface area contributed by atoms with Gasteiger partial charge in [0.1, 0.15) is 18.2 Å². The summed E-state index contributed by atoms with van der Waals surface area (Å²) < 4.78 is 7.84. The second-order valence-corrected chi connectivity index (χ2v) is 8.43. The minimum Gasteiger partial charge on any atom is -0.469 e. The number of halogens is 2. The summed E-state index contributed by atoms with van der Waals surface area (Å²) in [5.74, 6) is 2.40. The van der Waals surface area contributed by atoms with Crippen LogP contribution in [0.1, 0.15) is 31.7 Å². The van der Waals surface area contributed by atoms with Crippen molar-refractivity contribution < 1.29 is 9.84 Å². The van der Waals surface area contributed by atoms with E-state index in [2.05, 4.69) is 29.1 Å². The standard InChI is InChI=1S/C22H26Cl2N4O2/c1-15(2)8-19(13-29)26-20-4-3-5-22(27-20)30-14-21-25-6-7-28(21)12-16-9-17(23)11-18(24)10-16/h3-7,9-11,15,19,29H,8,12-14H2,1-2H3,(H,26,27)/t19-/m0/s1. The summed E-state index contributed by atoms with van der Waals surface area (Å²) in [5.41, 5.74) is 0.983. The van der Waals surface area contributed by atoms with E-state index in [-0.39, 0.29) is 19.3 Å². The number of imidazole rings is 1. The van der Waals surface area contributed by atoms with Crippen LogP contribution in [0.3, 0.4) is 0 Å². The Morgan fingerprint density at radius 3 is 2.63 bits per heavy atom. The molecule has 0 radical (unpaired) electrons. The maximum absolute atomic E-state index is 9.57. The van der Waals surface area contributed by atoms with Crippen LogP contribution in [-0.2, 0) is 13.2 Å². The van der Waals surface area contributed by atoms with Crippen LogP contribution in [0.5, 0.6) is 5.88 Å². The average Bonchev–Trinajstić information content (AvgIpc) is 3.12. The first-order chi connectivity index (χ1) is 14.4. The Balaban J connectivity index is 1.63. The fourth-order valence-electron chi connectivity index (χ4n) is 3.19. The topological polar surface area (TPSA) is 72.2 Å². The van der Waals surface area contributed by atoms with Crippen molar-refractivity contribution in [3.05, 3.63) is 70.2 Å². The lowest BCUT2D eigenvalue weighted by atomic mass is 10.0. The zero-order valence-corrected chi connectivity index (χ0v) is 18.6. The van der Waals surface area contributed by atoms with Crippen LogP contribution in [-0.4, -0.2) is 32.3 Å². The van der Waals surface area contributed by atoms with Crippen molar-refractivity contribution in [3.8, 4) is 5.88 Å². The lowest BCUT2D eigenvalue weighted by Crippen LogP contribution is -2.26. The second-order valence-electron chi connectivity index (χ2n) is 7.55. The largest absolute Gasteiger partial charge is 0.469 e. The van der Waals surface area contributed by atoms with E-state index in [1.807, 2.05) is 35.0 Å². The minimum atomic E-state index is -0.0452. The number of aliphatic hydroxyl groups is 1. The maximum Gasteiger partial charge on any atom is 0.215 e. The molecule has 3 rings (SSSR count). The molecule has 0 aliphatic rings. The fourth-order valence-corrected chi connectivity index (χ4v) is 3.77. The van der Waals surface area contributed by atoms with Gasteiger partial charge in [-0.15, -0.1) is 0 Å².